The molecule has 0 radical (unpaired) electrons. The Bertz CT molecular complexity index is 2870. The van der Waals surface area contributed by atoms with Crippen LogP contribution in [0.5, 0.6) is 0 Å². The van der Waals surface area contributed by atoms with Crippen molar-refractivity contribution in [3.05, 3.63) is 203 Å². The first-order valence-electron chi connectivity index (χ1n) is 20.9. The summed E-state index contributed by atoms with van der Waals surface area (Å²) in [6.45, 7) is 9.74. The molecule has 0 fully saturated rings. The quantitative estimate of drug-likeness (QED) is 0.0868. The van der Waals surface area contributed by atoms with E-state index < -0.39 is 20.2 Å². The van der Waals surface area contributed by atoms with E-state index in [4.69, 9.17) is 19.1 Å². The average molecular weight is 929 g/mol. The number of pyridine rings is 2. The Morgan fingerprint density at radius 3 is 1.12 bits per heavy atom. The van der Waals surface area contributed by atoms with Crippen LogP contribution in [-0.2, 0) is 33.3 Å². The van der Waals surface area contributed by atoms with E-state index in [1.165, 1.54) is 24.3 Å². The standard InChI is InChI=1S/C36H36N6O2.2C7H8O3S/c1-3-23-41-25-7-5-9-33(41)37-29-15-19-31(20-16-29)39-35(43)27-11-13-28(14-12-27)36(44)40-32-21-17-30(18-22-32)38-34-10-6-8-26-42(34)24-4-2;2*1-6-2-4-7(5-3-6)11(8,9)10/h5-22,25-26H,3-4,23-24H2,1-2H3,(H,39,43)(H,40,44);2*2-5H,1H3,(H,8,9,10). The summed E-state index contributed by atoms with van der Waals surface area (Å²) in [4.78, 5) is 35.0. The number of rotatable bonds is 12. The van der Waals surface area contributed by atoms with E-state index in [1.54, 1.807) is 48.5 Å². The Balaban J connectivity index is 0.000000301. The van der Waals surface area contributed by atoms with Crippen molar-refractivity contribution < 1.29 is 35.5 Å². The number of nitrogens with zero attached hydrogens (tertiary/aromatic N) is 4. The Morgan fingerprint density at radius 2 is 0.818 bits per heavy atom. The molecule has 0 saturated carbocycles. The zero-order valence-corrected chi connectivity index (χ0v) is 38.6. The molecule has 16 heteroatoms. The summed E-state index contributed by atoms with van der Waals surface area (Å²) in [5.74, 6) is -0.521. The van der Waals surface area contributed by atoms with Gasteiger partial charge in [-0.15, -0.1) is 0 Å². The van der Waals surface area contributed by atoms with Crippen molar-refractivity contribution in [3.63, 3.8) is 0 Å². The first-order chi connectivity index (χ1) is 31.5. The summed E-state index contributed by atoms with van der Waals surface area (Å²) < 4.78 is 63.3. The first kappa shape index (κ1) is 49.8. The third-order valence-corrected chi connectivity index (χ3v) is 11.3. The van der Waals surface area contributed by atoms with Crippen LogP contribution in [0.4, 0.5) is 22.7 Å². The van der Waals surface area contributed by atoms with Crippen molar-refractivity contribution in [3.8, 4) is 0 Å². The second kappa shape index (κ2) is 23.6. The molecule has 5 aromatic carbocycles. The van der Waals surface area contributed by atoms with Gasteiger partial charge in [-0.25, -0.2) is 9.98 Å². The van der Waals surface area contributed by atoms with Crippen LogP contribution >= 0.6 is 0 Å². The van der Waals surface area contributed by atoms with Crippen molar-refractivity contribution in [2.45, 2.75) is 63.4 Å². The number of anilines is 2. The van der Waals surface area contributed by atoms with Crippen molar-refractivity contribution in [1.82, 2.24) is 9.13 Å². The molecule has 4 N–H and O–H groups in total. The van der Waals surface area contributed by atoms with Gasteiger partial charge in [-0.3, -0.25) is 18.7 Å². The molecule has 342 valence electrons. The van der Waals surface area contributed by atoms with Crippen LogP contribution in [0.1, 0.15) is 58.5 Å². The lowest BCUT2D eigenvalue weighted by molar-refractivity contribution is 0.101. The molecule has 0 spiro atoms. The molecule has 66 heavy (non-hydrogen) atoms. The summed E-state index contributed by atoms with van der Waals surface area (Å²) in [7, 11) is -8.04. The highest BCUT2D eigenvalue weighted by molar-refractivity contribution is 7.86. The molecule has 0 aliphatic heterocycles. The second-order valence-corrected chi connectivity index (χ2v) is 17.7. The molecule has 7 aromatic rings. The summed E-state index contributed by atoms with van der Waals surface area (Å²) in [5, 5.41) is 5.81. The minimum Gasteiger partial charge on any atom is -0.333 e. The van der Waals surface area contributed by atoms with Gasteiger partial charge in [-0.1, -0.05) is 61.4 Å². The van der Waals surface area contributed by atoms with E-state index in [1.807, 2.05) is 111 Å². The van der Waals surface area contributed by atoms with Crippen LogP contribution in [0.3, 0.4) is 0 Å². The Hall–Kier alpha value is -7.24. The van der Waals surface area contributed by atoms with E-state index >= 15 is 0 Å². The monoisotopic (exact) mass is 928 g/mol. The maximum absolute atomic E-state index is 12.9. The molecular weight excluding hydrogens is 877 g/mol. The third kappa shape index (κ3) is 15.5. The predicted molar refractivity (Wildman–Crippen MR) is 257 cm³/mol. The third-order valence-electron chi connectivity index (χ3n) is 9.55. The van der Waals surface area contributed by atoms with E-state index in [0.29, 0.717) is 22.5 Å². The highest BCUT2D eigenvalue weighted by Gasteiger charge is 2.11. The Kier molecular flexibility index (Phi) is 17.8. The van der Waals surface area contributed by atoms with Gasteiger partial charge in [0.15, 0.2) is 0 Å². The van der Waals surface area contributed by atoms with Crippen LogP contribution in [0.15, 0.2) is 190 Å². The smallest absolute Gasteiger partial charge is 0.294 e. The number of hydrogen-bond acceptors (Lipinski definition) is 8. The minimum atomic E-state index is -4.02. The lowest BCUT2D eigenvalue weighted by Gasteiger charge is -2.08. The van der Waals surface area contributed by atoms with E-state index in [2.05, 4.69) is 33.6 Å². The van der Waals surface area contributed by atoms with Gasteiger partial charge in [0, 0.05) is 48.0 Å². The largest absolute Gasteiger partial charge is 0.333 e. The summed E-state index contributed by atoms with van der Waals surface area (Å²) >= 11 is 0. The number of benzene rings is 5. The zero-order chi connectivity index (χ0) is 47.7. The molecule has 2 heterocycles. The van der Waals surface area contributed by atoms with Gasteiger partial charge < -0.3 is 19.8 Å². The van der Waals surface area contributed by atoms with E-state index in [0.717, 1.165) is 59.4 Å². The molecular formula is C50H52N6O8S2. The maximum atomic E-state index is 12.9. The number of amides is 2. The number of hydrogen-bond donors (Lipinski definition) is 4. The van der Waals surface area contributed by atoms with Gasteiger partial charge in [0.2, 0.25) is 0 Å². The van der Waals surface area contributed by atoms with E-state index in [-0.39, 0.29) is 21.6 Å². The highest BCUT2D eigenvalue weighted by atomic mass is 32.2. The number of aryl methyl sites for hydroxylation is 4. The second-order valence-electron chi connectivity index (χ2n) is 14.9. The fourth-order valence-electron chi connectivity index (χ4n) is 6.10. The molecule has 0 saturated heterocycles. The molecule has 0 bridgehead atoms. The van der Waals surface area contributed by atoms with Gasteiger partial charge in [-0.2, -0.15) is 16.8 Å². The van der Waals surface area contributed by atoms with Crippen molar-refractivity contribution >= 4 is 54.8 Å². The molecule has 7 rings (SSSR count). The lowest BCUT2D eigenvalue weighted by atomic mass is 10.1. The maximum Gasteiger partial charge on any atom is 0.294 e. The van der Waals surface area contributed by atoms with Crippen LogP contribution < -0.4 is 21.6 Å². The van der Waals surface area contributed by atoms with Gasteiger partial charge >= 0.3 is 0 Å². The van der Waals surface area contributed by atoms with E-state index in [9.17, 15) is 26.4 Å². The predicted octanol–water partition coefficient (Wildman–Crippen LogP) is 9.56. The molecule has 0 atom stereocenters. The van der Waals surface area contributed by atoms with Crippen LogP contribution in [-0.4, -0.2) is 46.9 Å². The van der Waals surface area contributed by atoms with Gasteiger partial charge in [0.05, 0.1) is 21.2 Å². The van der Waals surface area contributed by atoms with Gasteiger partial charge in [0.1, 0.15) is 11.0 Å². The number of carbonyl (C=O) groups is 2. The van der Waals surface area contributed by atoms with Gasteiger partial charge in [0.25, 0.3) is 32.1 Å². The fraction of sp³-hybridized carbons (Fsp3) is 0.160. The normalized spacial score (nSPS) is 11.7. The van der Waals surface area contributed by atoms with Crippen LogP contribution in [0.2, 0.25) is 0 Å². The molecule has 2 amide bonds. The Morgan fingerprint density at radius 1 is 0.485 bits per heavy atom. The van der Waals surface area contributed by atoms with Crippen LogP contribution in [0.25, 0.3) is 0 Å². The SMILES string of the molecule is CCCn1ccccc1=Nc1ccc(NC(=O)c2ccc(C(=O)Nc3ccc(N=c4ccccn4CCC)cc3)cc2)cc1.Cc1ccc(S(=O)(=O)O)cc1.Cc1ccc(S(=O)(=O)O)cc1. The minimum absolute atomic E-state index is 0.0666. The van der Waals surface area contributed by atoms with Crippen molar-refractivity contribution in [2.75, 3.05) is 10.6 Å². The van der Waals surface area contributed by atoms with Crippen molar-refractivity contribution in [1.29, 1.82) is 0 Å². The molecule has 0 unspecified atom stereocenters. The summed E-state index contributed by atoms with van der Waals surface area (Å²) in [6.07, 6.45) is 6.09. The first-order valence-corrected chi connectivity index (χ1v) is 23.8. The topological polar surface area (TPSA) is 202 Å². The zero-order valence-electron chi connectivity index (χ0n) is 36.9. The fourth-order valence-corrected chi connectivity index (χ4v) is 7.06. The molecule has 0 aliphatic rings. The lowest BCUT2D eigenvalue weighted by Crippen LogP contribution is -2.19. The summed E-state index contributed by atoms with van der Waals surface area (Å²) in [5.41, 5.74) is 7.50. The molecule has 0 aliphatic carbocycles. The Labute approximate surface area is 385 Å². The average Bonchev–Trinajstić information content (AvgIpc) is 3.29. The van der Waals surface area contributed by atoms with Gasteiger partial charge in [-0.05, 0) is 148 Å². The number of carbonyl (C=O) groups excluding carboxylic acids is 2. The molecule has 14 nitrogen and oxygen atoms in total. The molecule has 2 aromatic heterocycles. The number of aromatic nitrogens is 2. The van der Waals surface area contributed by atoms with Crippen LogP contribution in [0, 0.1) is 13.8 Å². The van der Waals surface area contributed by atoms with Crippen molar-refractivity contribution in [2.24, 2.45) is 9.98 Å². The number of nitrogens with one attached hydrogen (secondary N) is 2. The highest BCUT2D eigenvalue weighted by Crippen LogP contribution is 2.19. The summed E-state index contributed by atoms with van der Waals surface area (Å²) in [6, 6.07) is 45.2.